The van der Waals surface area contributed by atoms with E-state index in [4.69, 9.17) is 4.42 Å². The fraction of sp³-hybridized carbons (Fsp3) is 0.292. The summed E-state index contributed by atoms with van der Waals surface area (Å²) in [4.78, 5) is 7.59. The van der Waals surface area contributed by atoms with E-state index in [1.165, 1.54) is 22.7 Å². The Morgan fingerprint density at radius 1 is 1.24 bits per heavy atom. The number of rotatable bonds is 8. The van der Waals surface area contributed by atoms with Crippen molar-refractivity contribution in [2.45, 2.75) is 18.8 Å². The molecule has 0 aliphatic heterocycles. The van der Waals surface area contributed by atoms with Gasteiger partial charge in [-0.2, -0.15) is 11.8 Å². The molecule has 1 N–H and O–H groups in total. The fourth-order valence-electron chi connectivity index (χ4n) is 4.17. The van der Waals surface area contributed by atoms with E-state index in [-0.39, 0.29) is 5.82 Å². The van der Waals surface area contributed by atoms with Crippen molar-refractivity contribution >= 4 is 38.4 Å². The van der Waals surface area contributed by atoms with Crippen LogP contribution in [-0.4, -0.2) is 43.2 Å². The number of benzene rings is 2. The minimum Gasteiger partial charge on any atom is -0.455 e. The molecule has 0 saturated heterocycles. The van der Waals surface area contributed by atoms with Crippen LogP contribution in [0.15, 0.2) is 53.2 Å². The second-order valence-electron chi connectivity index (χ2n) is 8.26. The average Bonchev–Trinajstić information content (AvgIpc) is 3.35. The quantitative estimate of drug-likeness (QED) is 0.350. The van der Waals surface area contributed by atoms with Crippen molar-refractivity contribution in [1.82, 2.24) is 9.97 Å². The predicted molar refractivity (Wildman–Crippen MR) is 132 cm³/mol. The molecule has 1 aliphatic rings. The van der Waals surface area contributed by atoms with Crippen LogP contribution in [-0.2, 0) is 10.0 Å². The number of H-pyrrole nitrogens is 1. The summed E-state index contributed by atoms with van der Waals surface area (Å²) < 4.78 is 46.8. The lowest BCUT2D eigenvalue weighted by molar-refractivity contribution is 0.597. The summed E-state index contributed by atoms with van der Waals surface area (Å²) in [5.74, 6) is 1.88. The highest BCUT2D eigenvalue weighted by molar-refractivity contribution is 7.98. The van der Waals surface area contributed by atoms with E-state index in [9.17, 15) is 12.8 Å². The summed E-state index contributed by atoms with van der Waals surface area (Å²) in [5, 5.41) is 0.855. The van der Waals surface area contributed by atoms with Gasteiger partial charge >= 0.3 is 0 Å². The molecule has 0 unspecified atom stereocenters. The maximum absolute atomic E-state index is 13.6. The van der Waals surface area contributed by atoms with Crippen molar-refractivity contribution in [3.05, 3.63) is 60.2 Å². The topological polar surface area (TPSA) is 79.2 Å². The molecular formula is C24H24FN3O3S2. The number of thioether (sulfide) groups is 1. The van der Waals surface area contributed by atoms with E-state index >= 15 is 0 Å². The lowest BCUT2D eigenvalue weighted by Crippen LogP contribution is -2.32. The van der Waals surface area contributed by atoms with Crippen LogP contribution in [0.3, 0.4) is 0 Å². The molecule has 1 aliphatic carbocycles. The first-order chi connectivity index (χ1) is 15.9. The zero-order chi connectivity index (χ0) is 23.2. The van der Waals surface area contributed by atoms with E-state index in [0.717, 1.165) is 34.9 Å². The van der Waals surface area contributed by atoms with Gasteiger partial charge in [0.15, 0.2) is 0 Å². The van der Waals surface area contributed by atoms with Crippen molar-refractivity contribution < 1.29 is 17.2 Å². The number of nitrogens with one attached hydrogen (secondary N) is 1. The van der Waals surface area contributed by atoms with Gasteiger partial charge in [-0.25, -0.2) is 17.8 Å². The van der Waals surface area contributed by atoms with Gasteiger partial charge in [-0.1, -0.05) is 0 Å². The van der Waals surface area contributed by atoms with Crippen molar-refractivity contribution in [2.75, 3.05) is 29.1 Å². The van der Waals surface area contributed by atoms with E-state index in [2.05, 4.69) is 9.97 Å². The van der Waals surface area contributed by atoms with Crippen LogP contribution in [0.2, 0.25) is 0 Å². The Morgan fingerprint density at radius 2 is 2.00 bits per heavy atom. The number of anilines is 1. The molecular weight excluding hydrogens is 461 g/mol. The van der Waals surface area contributed by atoms with Gasteiger partial charge in [0.25, 0.3) is 0 Å². The minimum atomic E-state index is -3.47. The van der Waals surface area contributed by atoms with Crippen LogP contribution >= 0.6 is 11.8 Å². The zero-order valence-electron chi connectivity index (χ0n) is 18.3. The molecule has 2 aromatic heterocycles. The third kappa shape index (κ3) is 4.27. The Hall–Kier alpha value is -2.78. The number of hydrogen-bond donors (Lipinski definition) is 1. The highest BCUT2D eigenvalue weighted by atomic mass is 32.2. The van der Waals surface area contributed by atoms with Gasteiger partial charge in [-0.15, -0.1) is 0 Å². The Kier molecular flexibility index (Phi) is 5.70. The monoisotopic (exact) mass is 485 g/mol. The largest absolute Gasteiger partial charge is 0.455 e. The maximum Gasteiger partial charge on any atom is 0.232 e. The van der Waals surface area contributed by atoms with Crippen molar-refractivity contribution in [2.24, 2.45) is 0 Å². The van der Waals surface area contributed by atoms with Gasteiger partial charge in [0.05, 0.1) is 17.5 Å². The van der Waals surface area contributed by atoms with Crippen molar-refractivity contribution in [3.63, 3.8) is 0 Å². The van der Waals surface area contributed by atoms with E-state index in [1.54, 1.807) is 36.3 Å². The molecule has 2 aromatic carbocycles. The molecule has 172 valence electrons. The first kappa shape index (κ1) is 22.0. The van der Waals surface area contributed by atoms with Gasteiger partial charge in [0.1, 0.15) is 23.0 Å². The van der Waals surface area contributed by atoms with Gasteiger partial charge in [-0.05, 0) is 60.9 Å². The normalized spacial score (nSPS) is 14.2. The molecule has 6 nitrogen and oxygen atoms in total. The number of imidazole rings is 1. The van der Waals surface area contributed by atoms with E-state index in [1.807, 2.05) is 18.4 Å². The van der Waals surface area contributed by atoms with Crippen molar-refractivity contribution in [3.8, 4) is 22.7 Å². The minimum absolute atomic E-state index is 0.316. The number of halogens is 1. The predicted octanol–water partition coefficient (Wildman–Crippen LogP) is 5.64. The number of aromatic amines is 1. The molecule has 5 rings (SSSR count). The molecule has 1 saturated carbocycles. The number of furan rings is 1. The third-order valence-corrected chi connectivity index (χ3v) is 7.63. The first-order valence-corrected chi connectivity index (χ1v) is 13.9. The molecule has 0 radical (unpaired) electrons. The van der Waals surface area contributed by atoms with Crippen LogP contribution < -0.4 is 4.31 Å². The lowest BCUT2D eigenvalue weighted by atomic mass is 10.0. The summed E-state index contributed by atoms with van der Waals surface area (Å²) in [5.41, 5.74) is 3.75. The third-order valence-electron chi connectivity index (χ3n) is 5.86. The molecule has 2 heterocycles. The first-order valence-electron chi connectivity index (χ1n) is 10.7. The van der Waals surface area contributed by atoms with Crippen LogP contribution in [0.1, 0.15) is 24.3 Å². The van der Waals surface area contributed by atoms with Crippen LogP contribution in [0.5, 0.6) is 0 Å². The van der Waals surface area contributed by atoms with E-state index in [0.29, 0.717) is 41.1 Å². The highest BCUT2D eigenvalue weighted by Crippen LogP contribution is 2.49. The Balaban J connectivity index is 1.77. The van der Waals surface area contributed by atoms with E-state index < -0.39 is 10.0 Å². The van der Waals surface area contributed by atoms with Crippen LogP contribution in [0, 0.1) is 5.82 Å². The zero-order valence-corrected chi connectivity index (χ0v) is 20.0. The molecule has 33 heavy (non-hydrogen) atoms. The van der Waals surface area contributed by atoms with Gasteiger partial charge in [-0.3, -0.25) is 4.31 Å². The standard InChI is InChI=1S/C24H24FN3O3S2/c1-32-12-11-28(33(2,29)30)20-14-21-19(13-18(20)15-3-4-15)22(24-26-9-10-27-24)23(31-21)16-5-7-17(25)8-6-16/h5-10,13-15H,3-4,11-12H2,1-2H3,(H,26,27). The number of hydrogen-bond acceptors (Lipinski definition) is 5. The van der Waals surface area contributed by atoms with Crippen LogP contribution in [0.25, 0.3) is 33.7 Å². The maximum atomic E-state index is 13.6. The molecule has 0 bridgehead atoms. The number of fused-ring (bicyclic) bond motifs is 1. The smallest absolute Gasteiger partial charge is 0.232 e. The molecule has 0 spiro atoms. The van der Waals surface area contributed by atoms with Crippen LogP contribution in [0.4, 0.5) is 10.1 Å². The Labute approximate surface area is 196 Å². The summed E-state index contributed by atoms with van der Waals surface area (Å²) in [7, 11) is -3.47. The summed E-state index contributed by atoms with van der Waals surface area (Å²) in [6.45, 7) is 0.391. The fourth-order valence-corrected chi connectivity index (χ4v) is 5.59. The number of sulfonamides is 1. The second-order valence-corrected chi connectivity index (χ2v) is 11.2. The second kappa shape index (κ2) is 8.53. The molecule has 9 heteroatoms. The van der Waals surface area contributed by atoms with Gasteiger partial charge in [0, 0.05) is 41.7 Å². The average molecular weight is 486 g/mol. The molecule has 0 atom stereocenters. The number of nitrogens with zero attached hydrogens (tertiary/aromatic N) is 2. The Morgan fingerprint density at radius 3 is 2.61 bits per heavy atom. The number of aromatic nitrogens is 2. The summed E-state index contributed by atoms with van der Waals surface area (Å²) in [6.07, 6.45) is 8.67. The molecule has 0 amide bonds. The lowest BCUT2D eigenvalue weighted by Gasteiger charge is -2.25. The van der Waals surface area contributed by atoms with Crippen molar-refractivity contribution in [1.29, 1.82) is 0 Å². The molecule has 1 fully saturated rings. The highest BCUT2D eigenvalue weighted by Gasteiger charge is 2.32. The summed E-state index contributed by atoms with van der Waals surface area (Å²) >= 11 is 1.60. The SMILES string of the molecule is CSCCN(c1cc2oc(-c3ccc(F)cc3)c(-c3ncc[nH]3)c2cc1C1CC1)S(C)(=O)=O. The summed E-state index contributed by atoms with van der Waals surface area (Å²) in [6, 6.07) is 10.0. The Bertz CT molecular complexity index is 1390. The van der Waals surface area contributed by atoms with Gasteiger partial charge < -0.3 is 9.40 Å². The van der Waals surface area contributed by atoms with Gasteiger partial charge in [0.2, 0.25) is 10.0 Å². The molecule has 4 aromatic rings.